The van der Waals surface area contributed by atoms with E-state index in [2.05, 4.69) is 21.2 Å². The van der Waals surface area contributed by atoms with Crippen molar-refractivity contribution >= 4 is 15.9 Å². The van der Waals surface area contributed by atoms with Gasteiger partial charge in [-0.25, -0.2) is 8.78 Å². The minimum atomic E-state index is -0.391. The molecular weight excluding hydrogens is 264 g/mol. The van der Waals surface area contributed by atoms with Gasteiger partial charge in [-0.1, -0.05) is 0 Å². The van der Waals surface area contributed by atoms with Gasteiger partial charge in [-0.05, 0) is 65.5 Å². The molecule has 0 amide bonds. The van der Waals surface area contributed by atoms with Crippen LogP contribution in [0.15, 0.2) is 16.6 Å². The highest BCUT2D eigenvalue weighted by atomic mass is 79.9. The lowest BCUT2D eigenvalue weighted by molar-refractivity contribution is 0.532. The second-order valence-electron chi connectivity index (χ2n) is 3.92. The van der Waals surface area contributed by atoms with Gasteiger partial charge in [0, 0.05) is 0 Å². The SMILES string of the molecule is Fc1cc(CC2CCNC2)c(F)cc1Br. The first-order valence-electron chi connectivity index (χ1n) is 5.01. The molecule has 1 heterocycles. The lowest BCUT2D eigenvalue weighted by Crippen LogP contribution is -2.11. The number of nitrogens with one attached hydrogen (secondary N) is 1. The van der Waals surface area contributed by atoms with Crippen LogP contribution in [0.2, 0.25) is 0 Å². The average Bonchev–Trinajstić information content (AvgIpc) is 2.67. The molecule has 82 valence electrons. The fourth-order valence-corrected chi connectivity index (χ4v) is 2.24. The summed E-state index contributed by atoms with van der Waals surface area (Å²) in [6.45, 7) is 1.88. The van der Waals surface area contributed by atoms with Crippen LogP contribution in [0.4, 0.5) is 8.78 Å². The molecule has 1 N–H and O–H groups in total. The van der Waals surface area contributed by atoms with Gasteiger partial charge in [0.05, 0.1) is 4.47 Å². The van der Waals surface area contributed by atoms with Crippen LogP contribution >= 0.6 is 15.9 Å². The van der Waals surface area contributed by atoms with Crippen molar-refractivity contribution in [1.29, 1.82) is 0 Å². The fourth-order valence-electron chi connectivity index (χ4n) is 1.92. The lowest BCUT2D eigenvalue weighted by atomic mass is 9.98. The molecule has 0 aromatic heterocycles. The van der Waals surface area contributed by atoms with Gasteiger partial charge in [0.2, 0.25) is 0 Å². The largest absolute Gasteiger partial charge is 0.316 e. The molecule has 1 aliphatic rings. The van der Waals surface area contributed by atoms with E-state index in [9.17, 15) is 8.78 Å². The van der Waals surface area contributed by atoms with E-state index in [0.29, 0.717) is 17.9 Å². The monoisotopic (exact) mass is 275 g/mol. The van der Waals surface area contributed by atoms with Crippen LogP contribution in [0.25, 0.3) is 0 Å². The normalized spacial score (nSPS) is 20.9. The van der Waals surface area contributed by atoms with Crippen molar-refractivity contribution < 1.29 is 8.78 Å². The highest BCUT2D eigenvalue weighted by Crippen LogP contribution is 2.23. The molecule has 0 aliphatic carbocycles. The minimum absolute atomic E-state index is 0.188. The van der Waals surface area contributed by atoms with Crippen LogP contribution in [0.1, 0.15) is 12.0 Å². The molecule has 1 atom stereocenters. The molecule has 0 bridgehead atoms. The van der Waals surface area contributed by atoms with Gasteiger partial charge in [-0.15, -0.1) is 0 Å². The summed E-state index contributed by atoms with van der Waals surface area (Å²) >= 11 is 2.97. The van der Waals surface area contributed by atoms with Crippen molar-refractivity contribution in [3.05, 3.63) is 33.8 Å². The Morgan fingerprint density at radius 1 is 1.33 bits per heavy atom. The second-order valence-corrected chi connectivity index (χ2v) is 4.78. The zero-order valence-corrected chi connectivity index (χ0v) is 9.78. The van der Waals surface area contributed by atoms with Gasteiger partial charge >= 0.3 is 0 Å². The van der Waals surface area contributed by atoms with E-state index in [4.69, 9.17) is 0 Å². The van der Waals surface area contributed by atoms with E-state index in [1.165, 1.54) is 12.1 Å². The smallest absolute Gasteiger partial charge is 0.137 e. The molecule has 1 aromatic rings. The van der Waals surface area contributed by atoms with E-state index in [1.807, 2.05) is 0 Å². The Bertz CT molecular complexity index is 362. The summed E-state index contributed by atoms with van der Waals surface area (Å²) in [4.78, 5) is 0. The summed E-state index contributed by atoms with van der Waals surface area (Å²) in [5, 5.41) is 3.21. The fraction of sp³-hybridized carbons (Fsp3) is 0.455. The Labute approximate surface area is 96.0 Å². The van der Waals surface area contributed by atoms with Crippen LogP contribution in [0.5, 0.6) is 0 Å². The Morgan fingerprint density at radius 2 is 2.13 bits per heavy atom. The summed E-state index contributed by atoms with van der Waals surface area (Å²) in [6, 6.07) is 2.49. The zero-order chi connectivity index (χ0) is 10.8. The van der Waals surface area contributed by atoms with E-state index in [0.717, 1.165) is 19.5 Å². The molecule has 1 aliphatic heterocycles. The van der Waals surface area contributed by atoms with Crippen LogP contribution < -0.4 is 5.32 Å². The van der Waals surface area contributed by atoms with E-state index in [1.54, 1.807) is 0 Å². The van der Waals surface area contributed by atoms with Gasteiger partial charge < -0.3 is 5.32 Å². The van der Waals surface area contributed by atoms with E-state index < -0.39 is 5.82 Å². The van der Waals surface area contributed by atoms with Gasteiger partial charge in [-0.3, -0.25) is 0 Å². The van der Waals surface area contributed by atoms with Crippen LogP contribution in [0.3, 0.4) is 0 Å². The molecule has 1 fully saturated rings. The molecule has 2 rings (SSSR count). The first kappa shape index (κ1) is 11.0. The van der Waals surface area contributed by atoms with Crippen molar-refractivity contribution in [2.45, 2.75) is 12.8 Å². The quantitative estimate of drug-likeness (QED) is 0.819. The second kappa shape index (κ2) is 4.58. The van der Waals surface area contributed by atoms with Crippen LogP contribution in [0, 0.1) is 17.6 Å². The number of halogens is 3. The predicted octanol–water partition coefficient (Wildman–Crippen LogP) is 2.88. The Morgan fingerprint density at radius 3 is 2.80 bits per heavy atom. The predicted molar refractivity (Wildman–Crippen MR) is 58.7 cm³/mol. The van der Waals surface area contributed by atoms with Crippen molar-refractivity contribution in [1.82, 2.24) is 5.32 Å². The van der Waals surface area contributed by atoms with Gasteiger partial charge in [0.15, 0.2) is 0 Å². The number of hydrogen-bond donors (Lipinski definition) is 1. The summed E-state index contributed by atoms with van der Waals surface area (Å²) < 4.78 is 26.9. The molecule has 0 saturated carbocycles. The van der Waals surface area contributed by atoms with Crippen molar-refractivity contribution in [2.75, 3.05) is 13.1 Å². The molecule has 1 aromatic carbocycles. The summed E-state index contributed by atoms with van der Waals surface area (Å²) in [7, 11) is 0. The molecule has 1 unspecified atom stereocenters. The maximum absolute atomic E-state index is 13.5. The summed E-state index contributed by atoms with van der Waals surface area (Å²) in [6.07, 6.45) is 1.65. The van der Waals surface area contributed by atoms with Crippen LogP contribution in [-0.2, 0) is 6.42 Å². The van der Waals surface area contributed by atoms with Gasteiger partial charge in [0.1, 0.15) is 11.6 Å². The Hall–Kier alpha value is -0.480. The van der Waals surface area contributed by atoms with E-state index in [-0.39, 0.29) is 10.3 Å². The maximum atomic E-state index is 13.5. The Balaban J connectivity index is 2.16. The highest BCUT2D eigenvalue weighted by Gasteiger charge is 2.17. The first-order chi connectivity index (χ1) is 7.16. The minimum Gasteiger partial charge on any atom is -0.316 e. The number of rotatable bonds is 2. The standard InChI is InChI=1S/C11H12BrF2N/c12-9-5-10(13)8(4-11(9)14)3-7-1-2-15-6-7/h4-5,7,15H,1-3,6H2. The van der Waals surface area contributed by atoms with Crippen LogP contribution in [-0.4, -0.2) is 13.1 Å². The topological polar surface area (TPSA) is 12.0 Å². The van der Waals surface area contributed by atoms with E-state index >= 15 is 0 Å². The molecule has 15 heavy (non-hydrogen) atoms. The van der Waals surface area contributed by atoms with Gasteiger partial charge in [-0.2, -0.15) is 0 Å². The average molecular weight is 276 g/mol. The Kier molecular flexibility index (Phi) is 3.36. The summed E-state index contributed by atoms with van der Waals surface area (Å²) in [5.41, 5.74) is 0.476. The molecule has 1 nitrogen and oxygen atoms in total. The van der Waals surface area contributed by atoms with Crippen molar-refractivity contribution in [2.24, 2.45) is 5.92 Å². The number of hydrogen-bond acceptors (Lipinski definition) is 1. The first-order valence-corrected chi connectivity index (χ1v) is 5.80. The molecular formula is C11H12BrF2N. The molecule has 0 spiro atoms. The third-order valence-electron chi connectivity index (χ3n) is 2.76. The zero-order valence-electron chi connectivity index (χ0n) is 8.19. The molecule has 0 radical (unpaired) electrons. The summed E-state index contributed by atoms with van der Waals surface area (Å²) in [5.74, 6) is -0.285. The molecule has 4 heteroatoms. The third-order valence-corrected chi connectivity index (χ3v) is 3.37. The lowest BCUT2D eigenvalue weighted by Gasteiger charge is -2.09. The van der Waals surface area contributed by atoms with Crippen molar-refractivity contribution in [3.63, 3.8) is 0 Å². The number of benzene rings is 1. The maximum Gasteiger partial charge on any atom is 0.137 e. The van der Waals surface area contributed by atoms with Crippen molar-refractivity contribution in [3.8, 4) is 0 Å². The van der Waals surface area contributed by atoms with Gasteiger partial charge in [0.25, 0.3) is 0 Å². The highest BCUT2D eigenvalue weighted by molar-refractivity contribution is 9.10. The third kappa shape index (κ3) is 2.55. The molecule has 1 saturated heterocycles.